The number of hydrogen-bond acceptors (Lipinski definition) is 3. The lowest BCUT2D eigenvalue weighted by atomic mass is 9.61. The van der Waals surface area contributed by atoms with Crippen molar-refractivity contribution in [3.63, 3.8) is 0 Å². The molecular formula is C12H19NO2. The highest BCUT2D eigenvalue weighted by Gasteiger charge is 2.53. The van der Waals surface area contributed by atoms with Gasteiger partial charge in [-0.25, -0.2) is 0 Å². The average Bonchev–Trinajstić information content (AvgIpc) is 2.53. The molecule has 0 spiro atoms. The predicted molar refractivity (Wildman–Crippen MR) is 58.7 cm³/mol. The van der Waals surface area contributed by atoms with Crippen molar-refractivity contribution < 1.29 is 9.15 Å². The standard InChI is InChI=1S/C12H19NO2/c1-11(2,5-6-13)12(8-14-9-12)10-4-3-7-15-10/h3-4,7H,5-6,8-9,13H2,1-2H3. The summed E-state index contributed by atoms with van der Waals surface area (Å²) in [5, 5.41) is 0. The number of furan rings is 1. The molecule has 15 heavy (non-hydrogen) atoms. The zero-order valence-electron chi connectivity index (χ0n) is 9.45. The predicted octanol–water partition coefficient (Wildman–Crippen LogP) is 1.92. The Kier molecular flexibility index (Phi) is 2.61. The maximum absolute atomic E-state index is 5.67. The molecule has 0 atom stereocenters. The summed E-state index contributed by atoms with van der Waals surface area (Å²) < 4.78 is 10.9. The average molecular weight is 209 g/mol. The molecule has 1 aliphatic rings. The summed E-state index contributed by atoms with van der Waals surface area (Å²) >= 11 is 0. The van der Waals surface area contributed by atoms with Crippen LogP contribution >= 0.6 is 0 Å². The van der Waals surface area contributed by atoms with Gasteiger partial charge in [-0.2, -0.15) is 0 Å². The largest absolute Gasteiger partial charge is 0.469 e. The van der Waals surface area contributed by atoms with Gasteiger partial charge in [0.25, 0.3) is 0 Å². The van der Waals surface area contributed by atoms with E-state index < -0.39 is 0 Å². The number of rotatable bonds is 4. The van der Waals surface area contributed by atoms with Crippen molar-refractivity contribution in [1.82, 2.24) is 0 Å². The molecule has 1 aromatic heterocycles. The first kappa shape index (κ1) is 10.7. The van der Waals surface area contributed by atoms with Gasteiger partial charge in [0.15, 0.2) is 0 Å². The molecule has 0 amide bonds. The topological polar surface area (TPSA) is 48.4 Å². The van der Waals surface area contributed by atoms with Crippen LogP contribution in [-0.2, 0) is 10.2 Å². The Morgan fingerprint density at radius 1 is 1.47 bits per heavy atom. The van der Waals surface area contributed by atoms with Gasteiger partial charge in [-0.3, -0.25) is 0 Å². The Balaban J connectivity index is 2.29. The second-order valence-corrected chi connectivity index (χ2v) is 4.97. The van der Waals surface area contributed by atoms with Crippen molar-refractivity contribution in [1.29, 1.82) is 0 Å². The third kappa shape index (κ3) is 1.50. The monoisotopic (exact) mass is 209 g/mol. The Morgan fingerprint density at radius 2 is 2.20 bits per heavy atom. The third-order valence-corrected chi connectivity index (χ3v) is 3.75. The molecular weight excluding hydrogens is 190 g/mol. The summed E-state index contributed by atoms with van der Waals surface area (Å²) in [6.45, 7) is 6.67. The smallest absolute Gasteiger partial charge is 0.115 e. The molecule has 1 aliphatic heterocycles. The van der Waals surface area contributed by atoms with Crippen LogP contribution in [0, 0.1) is 5.41 Å². The van der Waals surface area contributed by atoms with Crippen LogP contribution in [0.1, 0.15) is 26.0 Å². The van der Waals surface area contributed by atoms with Gasteiger partial charge in [0.1, 0.15) is 5.76 Å². The molecule has 0 aromatic carbocycles. The van der Waals surface area contributed by atoms with E-state index in [2.05, 4.69) is 13.8 Å². The van der Waals surface area contributed by atoms with Crippen molar-refractivity contribution in [3.8, 4) is 0 Å². The molecule has 2 N–H and O–H groups in total. The maximum Gasteiger partial charge on any atom is 0.115 e. The van der Waals surface area contributed by atoms with E-state index in [-0.39, 0.29) is 10.8 Å². The summed E-state index contributed by atoms with van der Waals surface area (Å²) in [5.74, 6) is 1.03. The van der Waals surface area contributed by atoms with Crippen LogP contribution in [0.2, 0.25) is 0 Å². The molecule has 84 valence electrons. The molecule has 2 rings (SSSR count). The van der Waals surface area contributed by atoms with Crippen molar-refractivity contribution in [2.24, 2.45) is 11.1 Å². The van der Waals surface area contributed by atoms with Crippen LogP contribution in [0.4, 0.5) is 0 Å². The Morgan fingerprint density at radius 3 is 2.60 bits per heavy atom. The zero-order valence-corrected chi connectivity index (χ0v) is 9.45. The van der Waals surface area contributed by atoms with E-state index in [1.54, 1.807) is 6.26 Å². The van der Waals surface area contributed by atoms with Crippen LogP contribution < -0.4 is 5.73 Å². The van der Waals surface area contributed by atoms with Gasteiger partial charge >= 0.3 is 0 Å². The maximum atomic E-state index is 5.67. The van der Waals surface area contributed by atoms with E-state index in [0.29, 0.717) is 6.54 Å². The fourth-order valence-electron chi connectivity index (χ4n) is 2.32. The first-order chi connectivity index (χ1) is 7.12. The lowest BCUT2D eigenvalue weighted by molar-refractivity contribution is -0.130. The quantitative estimate of drug-likeness (QED) is 0.824. The minimum Gasteiger partial charge on any atom is -0.469 e. The van der Waals surface area contributed by atoms with Crippen LogP contribution in [0.5, 0.6) is 0 Å². The lowest BCUT2D eigenvalue weighted by Crippen LogP contribution is -2.57. The van der Waals surface area contributed by atoms with Gasteiger partial charge in [0.05, 0.1) is 24.9 Å². The highest BCUT2D eigenvalue weighted by molar-refractivity contribution is 5.22. The van der Waals surface area contributed by atoms with Gasteiger partial charge in [-0.1, -0.05) is 13.8 Å². The summed E-state index contributed by atoms with van der Waals surface area (Å²) in [6.07, 6.45) is 2.71. The number of ether oxygens (including phenoxy) is 1. The van der Waals surface area contributed by atoms with Crippen molar-refractivity contribution in [3.05, 3.63) is 24.2 Å². The Bertz CT molecular complexity index is 312. The van der Waals surface area contributed by atoms with E-state index in [0.717, 1.165) is 25.4 Å². The van der Waals surface area contributed by atoms with Gasteiger partial charge < -0.3 is 14.9 Å². The molecule has 1 aromatic rings. The summed E-state index contributed by atoms with van der Waals surface area (Å²) in [4.78, 5) is 0. The molecule has 1 fully saturated rings. The molecule has 1 saturated heterocycles. The molecule has 3 heteroatoms. The molecule has 0 unspecified atom stereocenters. The number of hydrogen-bond donors (Lipinski definition) is 1. The van der Waals surface area contributed by atoms with Crippen LogP contribution in [0.25, 0.3) is 0 Å². The first-order valence-corrected chi connectivity index (χ1v) is 5.44. The van der Waals surface area contributed by atoms with Crippen LogP contribution in [-0.4, -0.2) is 19.8 Å². The van der Waals surface area contributed by atoms with Crippen molar-refractivity contribution in [2.75, 3.05) is 19.8 Å². The highest BCUT2D eigenvalue weighted by atomic mass is 16.5. The van der Waals surface area contributed by atoms with Gasteiger partial charge in [-0.05, 0) is 30.5 Å². The third-order valence-electron chi connectivity index (χ3n) is 3.75. The second kappa shape index (κ2) is 3.65. The van der Waals surface area contributed by atoms with E-state index in [4.69, 9.17) is 14.9 Å². The van der Waals surface area contributed by atoms with Crippen molar-refractivity contribution in [2.45, 2.75) is 25.7 Å². The van der Waals surface area contributed by atoms with Crippen LogP contribution in [0.3, 0.4) is 0 Å². The molecule has 0 saturated carbocycles. The van der Waals surface area contributed by atoms with Crippen molar-refractivity contribution >= 4 is 0 Å². The van der Waals surface area contributed by atoms with E-state index >= 15 is 0 Å². The minimum absolute atomic E-state index is 0.0237. The van der Waals surface area contributed by atoms with Crippen LogP contribution in [0.15, 0.2) is 22.8 Å². The summed E-state index contributed by atoms with van der Waals surface area (Å²) in [7, 11) is 0. The summed E-state index contributed by atoms with van der Waals surface area (Å²) in [6, 6.07) is 3.98. The minimum atomic E-state index is 0.0237. The summed E-state index contributed by atoms with van der Waals surface area (Å²) in [5.41, 5.74) is 5.82. The fraction of sp³-hybridized carbons (Fsp3) is 0.667. The Labute approximate surface area is 90.6 Å². The first-order valence-electron chi connectivity index (χ1n) is 5.44. The molecule has 0 aliphatic carbocycles. The SMILES string of the molecule is CC(C)(CCN)C1(c2ccco2)COC1. The molecule has 0 bridgehead atoms. The van der Waals surface area contributed by atoms with Gasteiger partial charge in [0, 0.05) is 0 Å². The number of nitrogens with two attached hydrogens (primary N) is 1. The second-order valence-electron chi connectivity index (χ2n) is 4.97. The fourth-order valence-corrected chi connectivity index (χ4v) is 2.32. The Hall–Kier alpha value is -0.800. The molecule has 2 heterocycles. The van der Waals surface area contributed by atoms with E-state index in [1.165, 1.54) is 0 Å². The normalized spacial score (nSPS) is 19.9. The van der Waals surface area contributed by atoms with Gasteiger partial charge in [0.2, 0.25) is 0 Å². The highest BCUT2D eigenvalue weighted by Crippen LogP contribution is 2.49. The molecule has 3 nitrogen and oxygen atoms in total. The molecule has 0 radical (unpaired) electrons. The van der Waals surface area contributed by atoms with E-state index in [1.807, 2.05) is 12.1 Å². The zero-order chi connectivity index (χ0) is 10.9. The van der Waals surface area contributed by atoms with Gasteiger partial charge in [-0.15, -0.1) is 0 Å². The van der Waals surface area contributed by atoms with E-state index in [9.17, 15) is 0 Å². The lowest BCUT2D eigenvalue weighted by Gasteiger charge is -2.51.